The van der Waals surface area contributed by atoms with E-state index in [0.29, 0.717) is 34.6 Å². The lowest BCUT2D eigenvalue weighted by Crippen LogP contribution is -2.55. The van der Waals surface area contributed by atoms with Crippen molar-refractivity contribution in [2.75, 3.05) is 11.9 Å². The van der Waals surface area contributed by atoms with E-state index < -0.39 is 6.17 Å². The fourth-order valence-corrected chi connectivity index (χ4v) is 4.52. The lowest BCUT2D eigenvalue weighted by molar-refractivity contribution is 0.176. The summed E-state index contributed by atoms with van der Waals surface area (Å²) in [5.74, 6) is 0.574. The lowest BCUT2D eigenvalue weighted by Gasteiger charge is -2.38. The number of alkyl halides is 1. The van der Waals surface area contributed by atoms with Crippen molar-refractivity contribution < 1.29 is 9.50 Å². The van der Waals surface area contributed by atoms with E-state index in [1.807, 2.05) is 7.05 Å². The van der Waals surface area contributed by atoms with Gasteiger partial charge in [0.05, 0.1) is 29.4 Å². The Morgan fingerprint density at radius 1 is 1.27 bits per heavy atom. The van der Waals surface area contributed by atoms with Gasteiger partial charge in [0.15, 0.2) is 11.6 Å². The van der Waals surface area contributed by atoms with Crippen LogP contribution >= 0.6 is 0 Å². The van der Waals surface area contributed by atoms with E-state index in [9.17, 15) is 14.3 Å². The molecule has 2 aliphatic rings. The third kappa shape index (κ3) is 2.98. The number of piperidine rings is 1. The predicted molar refractivity (Wildman–Crippen MR) is 109 cm³/mol. The molecule has 10 heteroatoms. The number of aryl methyl sites for hydroxylation is 1. The molecule has 9 nitrogen and oxygen atoms in total. The average molecular weight is 411 g/mol. The smallest absolute Gasteiger partial charge is 0.274 e. The Morgan fingerprint density at radius 3 is 2.87 bits per heavy atom. The molecule has 2 fully saturated rings. The zero-order chi connectivity index (χ0) is 21.0. The highest BCUT2D eigenvalue weighted by Crippen LogP contribution is 2.34. The van der Waals surface area contributed by atoms with E-state index in [-0.39, 0.29) is 29.2 Å². The molecule has 4 atom stereocenters. The molecule has 3 aromatic rings. The molecule has 2 unspecified atom stereocenters. The van der Waals surface area contributed by atoms with Gasteiger partial charge in [-0.3, -0.25) is 4.79 Å². The number of phenolic OH excluding ortho intramolecular Hbond substituents is 1. The van der Waals surface area contributed by atoms with Crippen molar-refractivity contribution in [3.63, 3.8) is 0 Å². The van der Waals surface area contributed by atoms with E-state index in [2.05, 4.69) is 25.6 Å². The van der Waals surface area contributed by atoms with Crippen LogP contribution < -0.4 is 15.8 Å². The number of hydrogen-bond donors (Lipinski definition) is 2. The number of benzene rings is 1. The Balaban J connectivity index is 1.44. The average Bonchev–Trinajstić information content (AvgIpc) is 3.17. The van der Waals surface area contributed by atoms with Gasteiger partial charge in [-0.25, -0.2) is 14.1 Å². The summed E-state index contributed by atoms with van der Waals surface area (Å²) in [7, 11) is 3.35. The van der Waals surface area contributed by atoms with E-state index >= 15 is 0 Å². The Kier molecular flexibility index (Phi) is 4.39. The van der Waals surface area contributed by atoms with Crippen LogP contribution in [0.4, 0.5) is 10.2 Å². The standard InChI is InChI=1S/C20H22FN7O2/c1-27(15-6-11-3-4-14(24-11)18(15)21)17-9-22-19(26-25-17)13-5-10-8-23-28(2)20(30)12(10)7-16(13)29/h5,7-9,11,14-15,18,24,29H,3-4,6H2,1-2H3/t11?,14?,15-,18+/m1/s1. The van der Waals surface area contributed by atoms with Crippen LogP contribution in [0.15, 0.2) is 29.3 Å². The number of halogens is 1. The molecule has 4 heterocycles. The predicted octanol–water partition coefficient (Wildman–Crippen LogP) is 1.16. The fourth-order valence-electron chi connectivity index (χ4n) is 4.52. The maximum atomic E-state index is 14.8. The molecule has 2 N–H and O–H groups in total. The minimum absolute atomic E-state index is 0.104. The van der Waals surface area contributed by atoms with Gasteiger partial charge in [0, 0.05) is 31.6 Å². The molecule has 2 aromatic heterocycles. The molecule has 0 amide bonds. The van der Waals surface area contributed by atoms with Gasteiger partial charge in [0.2, 0.25) is 0 Å². The third-order valence-electron chi connectivity index (χ3n) is 6.27. The summed E-state index contributed by atoms with van der Waals surface area (Å²) >= 11 is 0. The zero-order valence-corrected chi connectivity index (χ0v) is 16.7. The van der Waals surface area contributed by atoms with E-state index in [1.54, 1.807) is 24.2 Å². The number of aromatic nitrogens is 5. The van der Waals surface area contributed by atoms with Gasteiger partial charge >= 0.3 is 0 Å². The molecule has 2 aliphatic heterocycles. The normalized spacial score (nSPS) is 25.6. The second-order valence-corrected chi connectivity index (χ2v) is 8.08. The van der Waals surface area contributed by atoms with Crippen LogP contribution in [0.5, 0.6) is 5.75 Å². The van der Waals surface area contributed by atoms with Gasteiger partial charge in [0.25, 0.3) is 5.56 Å². The number of rotatable bonds is 3. The summed E-state index contributed by atoms with van der Waals surface area (Å²) in [5, 5.41) is 27.0. The first-order chi connectivity index (χ1) is 14.4. The van der Waals surface area contributed by atoms with Gasteiger partial charge < -0.3 is 15.3 Å². The largest absolute Gasteiger partial charge is 0.507 e. The highest BCUT2D eigenvalue weighted by atomic mass is 19.1. The van der Waals surface area contributed by atoms with Crippen LogP contribution in [0.25, 0.3) is 22.2 Å². The van der Waals surface area contributed by atoms with Gasteiger partial charge in [0.1, 0.15) is 11.9 Å². The van der Waals surface area contributed by atoms with Crippen molar-refractivity contribution in [3.8, 4) is 17.1 Å². The van der Waals surface area contributed by atoms with Gasteiger partial charge in [-0.15, -0.1) is 10.2 Å². The van der Waals surface area contributed by atoms with Gasteiger partial charge in [-0.05, 0) is 31.4 Å². The molecule has 2 saturated heterocycles. The fraction of sp³-hybridized carbons (Fsp3) is 0.450. The van der Waals surface area contributed by atoms with Crippen LogP contribution in [0.2, 0.25) is 0 Å². The minimum Gasteiger partial charge on any atom is -0.507 e. The first-order valence-corrected chi connectivity index (χ1v) is 9.94. The van der Waals surface area contributed by atoms with Crippen LogP contribution in [0.1, 0.15) is 19.3 Å². The summed E-state index contributed by atoms with van der Waals surface area (Å²) < 4.78 is 16.0. The molecule has 2 bridgehead atoms. The van der Waals surface area contributed by atoms with Gasteiger partial charge in [-0.1, -0.05) is 0 Å². The molecule has 0 aliphatic carbocycles. The number of hydrogen-bond acceptors (Lipinski definition) is 8. The van der Waals surface area contributed by atoms with Crippen molar-refractivity contribution in [1.82, 2.24) is 30.3 Å². The maximum absolute atomic E-state index is 14.8. The molecule has 0 radical (unpaired) electrons. The molecule has 156 valence electrons. The summed E-state index contributed by atoms with van der Waals surface area (Å²) in [6, 6.07) is 2.96. The van der Waals surface area contributed by atoms with E-state index in [0.717, 1.165) is 12.8 Å². The topological polar surface area (TPSA) is 109 Å². The second-order valence-electron chi connectivity index (χ2n) is 8.08. The van der Waals surface area contributed by atoms with Crippen molar-refractivity contribution in [2.24, 2.45) is 7.05 Å². The molecule has 30 heavy (non-hydrogen) atoms. The van der Waals surface area contributed by atoms with Crippen molar-refractivity contribution in [3.05, 3.63) is 34.9 Å². The van der Waals surface area contributed by atoms with Crippen molar-refractivity contribution in [1.29, 1.82) is 0 Å². The first-order valence-electron chi connectivity index (χ1n) is 9.94. The summed E-state index contributed by atoms with van der Waals surface area (Å²) in [5.41, 5.74) is 0.0459. The number of aromatic hydroxyl groups is 1. The molecule has 1 aromatic carbocycles. The SMILES string of the molecule is CN(c1cnc(-c2cc3cnn(C)c(=O)c3cc2O)nn1)[C@@H]1CC2CCC(N2)[C@@H]1F. The first kappa shape index (κ1) is 18.9. The lowest BCUT2D eigenvalue weighted by atomic mass is 9.96. The number of phenols is 1. The Bertz CT molecular complexity index is 1170. The molecular weight excluding hydrogens is 389 g/mol. The van der Waals surface area contributed by atoms with Crippen LogP contribution in [-0.2, 0) is 7.05 Å². The monoisotopic (exact) mass is 411 g/mol. The zero-order valence-electron chi connectivity index (χ0n) is 16.7. The molecule has 0 saturated carbocycles. The minimum atomic E-state index is -0.977. The third-order valence-corrected chi connectivity index (χ3v) is 6.27. The number of anilines is 1. The second kappa shape index (κ2) is 6.98. The molecule has 5 rings (SSSR count). The Labute approximate surface area is 171 Å². The van der Waals surface area contributed by atoms with Crippen molar-refractivity contribution >= 4 is 16.6 Å². The summed E-state index contributed by atoms with van der Waals surface area (Å²) in [4.78, 5) is 18.3. The van der Waals surface area contributed by atoms with E-state index in [1.165, 1.54) is 16.9 Å². The number of nitrogens with one attached hydrogen (secondary N) is 1. The van der Waals surface area contributed by atoms with Crippen LogP contribution in [0, 0.1) is 0 Å². The van der Waals surface area contributed by atoms with Crippen LogP contribution in [0.3, 0.4) is 0 Å². The molecular formula is C20H22FN7O2. The van der Waals surface area contributed by atoms with Crippen molar-refractivity contribution in [2.45, 2.75) is 43.6 Å². The summed E-state index contributed by atoms with van der Waals surface area (Å²) in [6.07, 6.45) is 4.67. The Morgan fingerprint density at radius 2 is 2.10 bits per heavy atom. The quantitative estimate of drug-likeness (QED) is 0.661. The number of nitrogens with zero attached hydrogens (tertiary/aromatic N) is 6. The maximum Gasteiger partial charge on any atom is 0.274 e. The summed E-state index contributed by atoms with van der Waals surface area (Å²) in [6.45, 7) is 0. The highest BCUT2D eigenvalue weighted by Gasteiger charge is 2.43. The Hall–Kier alpha value is -3.14. The highest BCUT2D eigenvalue weighted by molar-refractivity contribution is 5.88. The van der Waals surface area contributed by atoms with E-state index in [4.69, 9.17) is 0 Å². The van der Waals surface area contributed by atoms with Gasteiger partial charge in [-0.2, -0.15) is 5.10 Å². The van der Waals surface area contributed by atoms with Crippen LogP contribution in [-0.4, -0.2) is 61.4 Å². The number of fused-ring (bicyclic) bond motifs is 3. The molecule has 0 spiro atoms.